The predicted molar refractivity (Wildman–Crippen MR) is 86.1 cm³/mol. The number of fused-ring (bicyclic) bond motifs is 1. The van der Waals surface area contributed by atoms with Crippen LogP contribution in [0.25, 0.3) is 0 Å². The van der Waals surface area contributed by atoms with Gasteiger partial charge in [0.15, 0.2) is 0 Å². The van der Waals surface area contributed by atoms with Crippen molar-refractivity contribution in [2.24, 2.45) is 0 Å². The van der Waals surface area contributed by atoms with Gasteiger partial charge in [-0.2, -0.15) is 0 Å². The minimum atomic E-state index is -0.358. The van der Waals surface area contributed by atoms with E-state index in [1.54, 1.807) is 19.6 Å². The number of nitrogens with zero attached hydrogens (tertiary/aromatic N) is 4. The molecule has 5 atom stereocenters. The number of carbonyl (C=O) groups is 2. The second-order valence-electron chi connectivity index (χ2n) is 7.49. The SMILES string of the molecule is O=C1N(CCCO)C2C(N1CC1CO1)N(CC1CO1)C(=O)N2CC1CO1. The van der Waals surface area contributed by atoms with Gasteiger partial charge < -0.3 is 19.3 Å². The lowest BCUT2D eigenvalue weighted by Crippen LogP contribution is -2.49. The highest BCUT2D eigenvalue weighted by molar-refractivity contribution is 5.85. The number of amides is 4. The number of rotatable bonds is 9. The Balaban J connectivity index is 1.44. The second kappa shape index (κ2) is 6.22. The van der Waals surface area contributed by atoms with E-state index in [2.05, 4.69) is 0 Å². The Morgan fingerprint density at radius 3 is 1.54 bits per heavy atom. The molecule has 5 aliphatic heterocycles. The number of urea groups is 2. The minimum absolute atomic E-state index is 0.00616. The van der Waals surface area contributed by atoms with Crippen LogP contribution in [0.3, 0.4) is 0 Å². The molecule has 5 unspecified atom stereocenters. The predicted octanol–water partition coefficient (Wildman–Crippen LogP) is -1.31. The molecule has 144 valence electrons. The average Bonchev–Trinajstić information content (AvgIpc) is 3.49. The van der Waals surface area contributed by atoms with Crippen molar-refractivity contribution in [2.75, 3.05) is 52.6 Å². The zero-order valence-corrected chi connectivity index (χ0v) is 14.5. The summed E-state index contributed by atoms with van der Waals surface area (Å²) < 4.78 is 16.0. The Hall–Kier alpha value is -1.62. The van der Waals surface area contributed by atoms with Crippen LogP contribution in [0.2, 0.25) is 0 Å². The van der Waals surface area contributed by atoms with Crippen LogP contribution < -0.4 is 0 Å². The molecule has 0 aromatic carbocycles. The first kappa shape index (κ1) is 16.5. The molecular formula is C16H24N4O6. The zero-order valence-electron chi connectivity index (χ0n) is 14.5. The average molecular weight is 368 g/mol. The summed E-state index contributed by atoms with van der Waals surface area (Å²) in [6.07, 6.45) is -0.0720. The molecule has 0 aromatic rings. The number of ether oxygens (including phenoxy) is 3. The van der Waals surface area contributed by atoms with Crippen molar-refractivity contribution >= 4 is 12.1 Å². The molecular weight excluding hydrogens is 344 g/mol. The van der Waals surface area contributed by atoms with Gasteiger partial charge in [-0.3, -0.25) is 19.6 Å². The molecule has 10 heteroatoms. The normalized spacial score (nSPS) is 37.7. The largest absolute Gasteiger partial charge is 0.396 e. The molecule has 10 nitrogen and oxygen atoms in total. The van der Waals surface area contributed by atoms with E-state index in [0.717, 1.165) is 0 Å². The Morgan fingerprint density at radius 1 is 0.769 bits per heavy atom. The molecule has 0 aromatic heterocycles. The lowest BCUT2D eigenvalue weighted by molar-refractivity contribution is 0.111. The van der Waals surface area contributed by atoms with Crippen LogP contribution in [0.4, 0.5) is 9.59 Å². The third-order valence-electron chi connectivity index (χ3n) is 5.49. The summed E-state index contributed by atoms with van der Waals surface area (Å²) in [5.74, 6) is 0. The lowest BCUT2D eigenvalue weighted by Gasteiger charge is -2.29. The maximum Gasteiger partial charge on any atom is 0.323 e. The van der Waals surface area contributed by atoms with Crippen LogP contribution in [-0.4, -0.2) is 120 Å². The van der Waals surface area contributed by atoms with Gasteiger partial charge in [0.05, 0.1) is 57.8 Å². The molecule has 5 fully saturated rings. The maximum absolute atomic E-state index is 13.1. The topological polar surface area (TPSA) is 105 Å². The van der Waals surface area contributed by atoms with Gasteiger partial charge in [0, 0.05) is 13.2 Å². The molecule has 0 radical (unpaired) electrons. The molecule has 0 aliphatic carbocycles. The summed E-state index contributed by atoms with van der Waals surface area (Å²) >= 11 is 0. The van der Waals surface area contributed by atoms with E-state index < -0.39 is 0 Å². The van der Waals surface area contributed by atoms with E-state index >= 15 is 0 Å². The molecule has 5 aliphatic rings. The van der Waals surface area contributed by atoms with E-state index in [1.165, 1.54) is 0 Å². The third-order valence-corrected chi connectivity index (χ3v) is 5.49. The molecule has 5 heterocycles. The highest BCUT2D eigenvalue weighted by Gasteiger charge is 2.60. The van der Waals surface area contributed by atoms with Crippen molar-refractivity contribution in [3.8, 4) is 0 Å². The number of hydrogen-bond acceptors (Lipinski definition) is 6. The molecule has 5 saturated heterocycles. The fraction of sp³-hybridized carbons (Fsp3) is 0.875. The van der Waals surface area contributed by atoms with Crippen molar-refractivity contribution in [1.29, 1.82) is 0 Å². The van der Waals surface area contributed by atoms with E-state index in [-0.39, 0.29) is 49.3 Å². The van der Waals surface area contributed by atoms with Crippen LogP contribution in [0.15, 0.2) is 0 Å². The van der Waals surface area contributed by atoms with Gasteiger partial charge in [-0.15, -0.1) is 0 Å². The standard InChI is InChI=1S/C16H24N4O6/c21-3-1-2-17-13-14(19(15(17)22)5-11-8-25-11)20(6-12-9-26-12)16(23)18(13)4-10-7-24-10/h10-14,21H,1-9H2. The summed E-state index contributed by atoms with van der Waals surface area (Å²) in [6, 6.07) is -0.172. The van der Waals surface area contributed by atoms with Crippen molar-refractivity contribution in [1.82, 2.24) is 19.6 Å². The summed E-state index contributed by atoms with van der Waals surface area (Å²) in [5.41, 5.74) is 0. The molecule has 0 saturated carbocycles. The van der Waals surface area contributed by atoms with E-state index in [1.807, 2.05) is 0 Å². The summed E-state index contributed by atoms with van der Waals surface area (Å²) in [4.78, 5) is 33.2. The zero-order chi connectivity index (χ0) is 17.8. The monoisotopic (exact) mass is 368 g/mol. The lowest BCUT2D eigenvalue weighted by atomic mass is 10.3. The minimum Gasteiger partial charge on any atom is -0.396 e. The molecule has 0 bridgehead atoms. The van der Waals surface area contributed by atoms with Crippen LogP contribution in [0.1, 0.15) is 6.42 Å². The Morgan fingerprint density at radius 2 is 1.15 bits per heavy atom. The first-order chi connectivity index (χ1) is 12.7. The van der Waals surface area contributed by atoms with Gasteiger partial charge in [-0.1, -0.05) is 0 Å². The van der Waals surface area contributed by atoms with Gasteiger partial charge in [-0.05, 0) is 6.42 Å². The Labute approximate surface area is 151 Å². The number of epoxide rings is 3. The number of aliphatic hydroxyl groups is 1. The maximum atomic E-state index is 13.1. The van der Waals surface area contributed by atoms with Crippen molar-refractivity contribution in [2.45, 2.75) is 37.1 Å². The molecule has 0 spiro atoms. The van der Waals surface area contributed by atoms with E-state index in [9.17, 15) is 14.7 Å². The summed E-state index contributed by atoms with van der Waals surface area (Å²) in [5, 5.41) is 9.23. The Kier molecular flexibility index (Phi) is 3.96. The first-order valence-corrected chi connectivity index (χ1v) is 9.27. The smallest absolute Gasteiger partial charge is 0.323 e. The van der Waals surface area contributed by atoms with Crippen LogP contribution in [0.5, 0.6) is 0 Å². The van der Waals surface area contributed by atoms with Gasteiger partial charge in [0.1, 0.15) is 12.3 Å². The molecule has 26 heavy (non-hydrogen) atoms. The fourth-order valence-electron chi connectivity index (χ4n) is 3.97. The van der Waals surface area contributed by atoms with Gasteiger partial charge in [0.25, 0.3) is 0 Å². The van der Waals surface area contributed by atoms with Crippen LogP contribution in [-0.2, 0) is 14.2 Å². The summed E-state index contributed by atoms with van der Waals surface area (Å²) in [7, 11) is 0. The number of aliphatic hydroxyl groups excluding tert-OH is 1. The van der Waals surface area contributed by atoms with Crippen molar-refractivity contribution in [3.05, 3.63) is 0 Å². The van der Waals surface area contributed by atoms with Crippen molar-refractivity contribution in [3.63, 3.8) is 0 Å². The van der Waals surface area contributed by atoms with Crippen LogP contribution in [0, 0.1) is 0 Å². The van der Waals surface area contributed by atoms with Gasteiger partial charge in [0.2, 0.25) is 0 Å². The molecule has 4 amide bonds. The number of carbonyl (C=O) groups excluding carboxylic acids is 2. The molecule has 5 rings (SSSR count). The Bertz CT molecular complexity index is 581. The second-order valence-corrected chi connectivity index (χ2v) is 7.49. The van der Waals surface area contributed by atoms with Gasteiger partial charge >= 0.3 is 12.1 Å². The van der Waals surface area contributed by atoms with E-state index in [4.69, 9.17) is 14.2 Å². The number of hydrogen-bond donors (Lipinski definition) is 1. The highest BCUT2D eigenvalue weighted by atomic mass is 16.6. The van der Waals surface area contributed by atoms with Crippen LogP contribution >= 0.6 is 0 Å². The molecule has 1 N–H and O–H groups in total. The van der Waals surface area contributed by atoms with E-state index in [0.29, 0.717) is 52.4 Å². The summed E-state index contributed by atoms with van der Waals surface area (Å²) in [6.45, 7) is 3.84. The highest BCUT2D eigenvalue weighted by Crippen LogP contribution is 2.37. The first-order valence-electron chi connectivity index (χ1n) is 9.27. The van der Waals surface area contributed by atoms with Crippen molar-refractivity contribution < 1.29 is 28.9 Å². The third kappa shape index (κ3) is 2.90. The fourth-order valence-corrected chi connectivity index (χ4v) is 3.97. The quantitative estimate of drug-likeness (QED) is 0.507. The van der Waals surface area contributed by atoms with Gasteiger partial charge in [-0.25, -0.2) is 9.59 Å².